The third-order valence-electron chi connectivity index (χ3n) is 16.4. The molecule has 0 aliphatic carbocycles. The normalized spacial score (nSPS) is 11.6. The van der Waals surface area contributed by atoms with Crippen molar-refractivity contribution in [2.45, 2.75) is 83.1 Å². The summed E-state index contributed by atoms with van der Waals surface area (Å²) >= 11 is 0. The van der Waals surface area contributed by atoms with Crippen molar-refractivity contribution in [2.24, 2.45) is 0 Å². The lowest BCUT2D eigenvalue weighted by atomic mass is 9.92. The minimum Gasteiger partial charge on any atom is -0.308 e. The summed E-state index contributed by atoms with van der Waals surface area (Å²) in [7, 11) is 0. The molecule has 378 valence electrons. The Bertz CT molecular complexity index is 4070. The maximum atomic E-state index is 12.2. The van der Waals surface area contributed by atoms with Crippen LogP contribution in [0, 0.1) is 106 Å². The zero-order chi connectivity index (χ0) is 54.6. The van der Waals surface area contributed by atoms with Gasteiger partial charge in [-0.05, 0) is 232 Å². The number of hydrogen-bond acceptors (Lipinski definition) is 2. The van der Waals surface area contributed by atoms with E-state index < -0.39 is 0 Å². The molecule has 12 aromatic rings. The highest BCUT2D eigenvalue weighted by Crippen LogP contribution is 2.45. The Hall–Kier alpha value is -9.22. The first kappa shape index (κ1) is 49.6. The predicted molar refractivity (Wildman–Crippen MR) is 329 cm³/mol. The zero-order valence-corrected chi connectivity index (χ0v) is 46.8. The molecule has 0 saturated carbocycles. The maximum absolute atomic E-state index is 12.2. The quantitative estimate of drug-likeness (QED) is 0.160. The van der Waals surface area contributed by atoms with Gasteiger partial charge in [-0.15, -0.1) is 0 Å². The summed E-state index contributed by atoms with van der Waals surface area (Å²) < 4.78 is 4.72. The summed E-state index contributed by atoms with van der Waals surface area (Å²) in [6, 6.07) is 63.2. The van der Waals surface area contributed by atoms with Crippen molar-refractivity contribution >= 4 is 43.6 Å². The Balaban J connectivity index is 1.26. The van der Waals surface area contributed by atoms with Crippen molar-refractivity contribution in [3.8, 4) is 79.1 Å². The van der Waals surface area contributed by atoms with Gasteiger partial charge in [-0.1, -0.05) is 131 Å². The fraction of sp³-hybridized carbons (Fsp3) is 0.162. The van der Waals surface area contributed by atoms with Gasteiger partial charge in [0.25, 0.3) is 0 Å². The van der Waals surface area contributed by atoms with E-state index in [2.05, 4.69) is 244 Å². The molecule has 0 aliphatic heterocycles. The van der Waals surface area contributed by atoms with Crippen LogP contribution < -0.4 is 0 Å². The number of hydrogen-bond donors (Lipinski definition) is 0. The first-order valence-electron chi connectivity index (χ1n) is 27.1. The summed E-state index contributed by atoms with van der Waals surface area (Å²) in [5, 5.41) is 27.0. The van der Waals surface area contributed by atoms with Crippen LogP contribution in [0.1, 0.15) is 77.9 Å². The van der Waals surface area contributed by atoms with Gasteiger partial charge in [0.1, 0.15) is 11.6 Å². The van der Waals surface area contributed by atoms with Crippen LogP contribution >= 0.6 is 0 Å². The molecule has 4 nitrogen and oxygen atoms in total. The number of benzene rings is 10. The van der Waals surface area contributed by atoms with Gasteiger partial charge in [-0.3, -0.25) is 0 Å². The summed E-state index contributed by atoms with van der Waals surface area (Å²) in [5.74, 6) is 0. The molecule has 0 unspecified atom stereocenters. The Morgan fingerprint density at radius 3 is 0.846 bits per heavy atom. The van der Waals surface area contributed by atoms with E-state index in [0.29, 0.717) is 11.1 Å². The van der Waals surface area contributed by atoms with E-state index in [1.54, 1.807) is 0 Å². The molecular formula is C74H62N4. The average molecular weight is 1010 g/mol. The summed E-state index contributed by atoms with van der Waals surface area (Å²) in [5.41, 5.74) is 32.5. The molecule has 0 spiro atoms. The third-order valence-corrected chi connectivity index (χ3v) is 16.4. The molecule has 0 radical (unpaired) electrons. The molecule has 0 saturated heterocycles. The van der Waals surface area contributed by atoms with Crippen molar-refractivity contribution in [1.82, 2.24) is 9.13 Å². The molecule has 10 aromatic carbocycles. The Kier molecular flexibility index (Phi) is 12.0. The van der Waals surface area contributed by atoms with Crippen LogP contribution in [0.25, 0.3) is 111 Å². The van der Waals surface area contributed by atoms with Crippen LogP contribution in [0.2, 0.25) is 0 Å². The lowest BCUT2D eigenvalue weighted by molar-refractivity contribution is 1.12. The molecule has 0 aliphatic rings. The van der Waals surface area contributed by atoms with Crippen molar-refractivity contribution < 1.29 is 0 Å². The van der Waals surface area contributed by atoms with E-state index in [0.717, 1.165) is 88.4 Å². The van der Waals surface area contributed by atoms with Gasteiger partial charge in [-0.2, -0.15) is 10.5 Å². The van der Waals surface area contributed by atoms with Crippen LogP contribution in [-0.4, -0.2) is 9.13 Å². The topological polar surface area (TPSA) is 57.4 Å². The van der Waals surface area contributed by atoms with E-state index >= 15 is 0 Å². The minimum atomic E-state index is 0.537. The highest BCUT2D eigenvalue weighted by molar-refractivity contribution is 6.14. The van der Waals surface area contributed by atoms with Crippen LogP contribution in [0.15, 0.2) is 158 Å². The van der Waals surface area contributed by atoms with Crippen LogP contribution in [0.3, 0.4) is 0 Å². The fourth-order valence-electron chi connectivity index (χ4n) is 13.7. The van der Waals surface area contributed by atoms with Gasteiger partial charge in [0.05, 0.1) is 45.1 Å². The molecule has 4 heteroatoms. The Morgan fingerprint density at radius 1 is 0.282 bits per heavy atom. The first-order chi connectivity index (χ1) is 37.5. The minimum absolute atomic E-state index is 0.537. The van der Waals surface area contributed by atoms with E-state index in [9.17, 15) is 10.5 Å². The smallest absolute Gasteiger partial charge is 0.104 e. The fourth-order valence-corrected chi connectivity index (χ4v) is 13.7. The summed E-state index contributed by atoms with van der Waals surface area (Å²) in [4.78, 5) is 0. The van der Waals surface area contributed by atoms with E-state index in [-0.39, 0.29) is 0 Å². The molecule has 0 atom stereocenters. The monoisotopic (exact) mass is 1010 g/mol. The van der Waals surface area contributed by atoms with Gasteiger partial charge in [0.2, 0.25) is 0 Å². The zero-order valence-electron chi connectivity index (χ0n) is 46.8. The second kappa shape index (κ2) is 18.8. The molecule has 0 fully saturated rings. The van der Waals surface area contributed by atoms with Crippen LogP contribution in [0.5, 0.6) is 0 Å². The summed E-state index contributed by atoms with van der Waals surface area (Å²) in [6.45, 7) is 26.3. The standard InChI is InChI=1S/C74H62N4/c1-41-24-45(5)71(46(6)25-41)55-16-20-60-61-21-17-56(72-47(7)26-42(2)27-48(72)8)34-66(61)77(65(60)33-55)69-37-59(54-15-13-14-53(32-54)39-75)38-70(64(69)40-76)78-67-35-57(73-49(9)28-43(3)29-50(73)10)18-22-62(67)63-23-19-58(36-68(63)78)74-51(11)30-44(4)31-52(74)12/h13-38H,1-12H3. The largest absolute Gasteiger partial charge is 0.308 e. The molecule has 0 amide bonds. The van der Waals surface area contributed by atoms with Crippen molar-refractivity contribution in [2.75, 3.05) is 0 Å². The van der Waals surface area contributed by atoms with Crippen molar-refractivity contribution in [3.63, 3.8) is 0 Å². The van der Waals surface area contributed by atoms with Gasteiger partial charge in [0, 0.05) is 21.5 Å². The van der Waals surface area contributed by atoms with Crippen LogP contribution in [-0.2, 0) is 0 Å². The molecule has 2 heterocycles. The van der Waals surface area contributed by atoms with Gasteiger partial charge < -0.3 is 9.13 Å². The lowest BCUT2D eigenvalue weighted by Gasteiger charge is -2.20. The van der Waals surface area contributed by atoms with Gasteiger partial charge >= 0.3 is 0 Å². The number of aryl methyl sites for hydroxylation is 12. The van der Waals surface area contributed by atoms with E-state index in [1.807, 2.05) is 18.2 Å². The lowest BCUT2D eigenvalue weighted by Crippen LogP contribution is -2.06. The highest BCUT2D eigenvalue weighted by atomic mass is 15.0. The molecule has 12 rings (SSSR count). The summed E-state index contributed by atoms with van der Waals surface area (Å²) in [6.07, 6.45) is 0. The van der Waals surface area contributed by atoms with E-state index in [4.69, 9.17) is 0 Å². The average Bonchev–Trinajstić information content (AvgIpc) is 3.93. The number of rotatable bonds is 7. The van der Waals surface area contributed by atoms with Gasteiger partial charge in [-0.25, -0.2) is 0 Å². The Morgan fingerprint density at radius 2 is 0.577 bits per heavy atom. The molecule has 0 bridgehead atoms. The van der Waals surface area contributed by atoms with Crippen molar-refractivity contribution in [3.05, 3.63) is 236 Å². The predicted octanol–water partition coefficient (Wildman–Crippen LogP) is 19.7. The number of fused-ring (bicyclic) bond motifs is 6. The third kappa shape index (κ3) is 8.11. The number of aromatic nitrogens is 2. The first-order valence-corrected chi connectivity index (χ1v) is 27.1. The second-order valence-electron chi connectivity index (χ2n) is 22.4. The molecule has 78 heavy (non-hydrogen) atoms. The Labute approximate surface area is 458 Å². The number of nitrogens with zero attached hydrogens (tertiary/aromatic N) is 4. The number of nitriles is 2. The SMILES string of the molecule is Cc1cc(C)c(-c2ccc3c4ccc(-c5c(C)cc(C)cc5C)cc4n(-c4cc(-c5cccc(C#N)c5)cc(-n5c6cc(-c7c(C)cc(C)cc7C)ccc6c6ccc(-c7c(C)cc(C)cc7C)cc65)c4C#N)c3c2)c(C)c1. The highest BCUT2D eigenvalue weighted by Gasteiger charge is 2.25. The molecular weight excluding hydrogens is 945 g/mol. The van der Waals surface area contributed by atoms with E-state index in [1.165, 1.54) is 89.0 Å². The van der Waals surface area contributed by atoms with Crippen LogP contribution in [0.4, 0.5) is 0 Å². The van der Waals surface area contributed by atoms with Crippen molar-refractivity contribution in [1.29, 1.82) is 10.5 Å². The molecule has 0 N–H and O–H groups in total. The van der Waals surface area contributed by atoms with Gasteiger partial charge in [0.15, 0.2) is 0 Å². The molecule has 2 aromatic heterocycles. The maximum Gasteiger partial charge on any atom is 0.104 e. The second-order valence-corrected chi connectivity index (χ2v) is 22.4.